The van der Waals surface area contributed by atoms with Crippen molar-refractivity contribution in [3.63, 3.8) is 0 Å². The Balaban J connectivity index is 2.12. The summed E-state index contributed by atoms with van der Waals surface area (Å²) in [5, 5.41) is 3.29. The van der Waals surface area contributed by atoms with Gasteiger partial charge in [-0.2, -0.15) is 4.98 Å². The number of nitrogen functional groups attached to an aromatic ring is 1. The normalized spacial score (nSPS) is 12.2. The fraction of sp³-hybridized carbons (Fsp3) is 0.333. The lowest BCUT2D eigenvalue weighted by Gasteiger charge is -2.25. The largest absolute Gasteiger partial charge is 0.497 e. The summed E-state index contributed by atoms with van der Waals surface area (Å²) in [5.41, 5.74) is 6.76. The molecule has 21 heavy (non-hydrogen) atoms. The Morgan fingerprint density at radius 2 is 2.14 bits per heavy atom. The van der Waals surface area contributed by atoms with Crippen LogP contribution >= 0.6 is 0 Å². The molecule has 0 fully saturated rings. The lowest BCUT2D eigenvalue weighted by molar-refractivity contribution is 0.310. The fourth-order valence-corrected chi connectivity index (χ4v) is 2.12. The van der Waals surface area contributed by atoms with E-state index in [2.05, 4.69) is 26.3 Å². The van der Waals surface area contributed by atoms with Crippen LogP contribution in [0.1, 0.15) is 11.6 Å². The molecule has 1 aromatic heterocycles. The molecule has 6 nitrogen and oxygen atoms in total. The number of hydrogen-bond acceptors (Lipinski definition) is 6. The molecule has 0 radical (unpaired) electrons. The molecule has 0 bridgehead atoms. The van der Waals surface area contributed by atoms with E-state index in [0.717, 1.165) is 11.6 Å². The number of ether oxygens (including phenoxy) is 1. The highest BCUT2D eigenvalue weighted by molar-refractivity contribution is 5.38. The zero-order valence-electron chi connectivity index (χ0n) is 12.6. The van der Waals surface area contributed by atoms with E-state index in [9.17, 15) is 0 Å². The predicted octanol–water partition coefficient (Wildman–Crippen LogP) is 1.78. The Labute approximate surface area is 125 Å². The molecule has 0 aliphatic heterocycles. The molecule has 0 saturated heterocycles. The lowest BCUT2D eigenvalue weighted by atomic mass is 10.1. The molecule has 0 amide bonds. The maximum Gasteiger partial charge on any atom is 0.221 e. The molecule has 0 aliphatic carbocycles. The molecule has 0 spiro atoms. The maximum absolute atomic E-state index is 5.58. The number of benzene rings is 1. The molecule has 6 heteroatoms. The van der Waals surface area contributed by atoms with E-state index in [-0.39, 0.29) is 12.0 Å². The average Bonchev–Trinajstić information content (AvgIpc) is 2.47. The van der Waals surface area contributed by atoms with E-state index in [1.54, 1.807) is 19.4 Å². The minimum Gasteiger partial charge on any atom is -0.497 e. The molecule has 0 saturated carbocycles. The Morgan fingerprint density at radius 1 is 1.33 bits per heavy atom. The second-order valence-corrected chi connectivity index (χ2v) is 4.94. The van der Waals surface area contributed by atoms with Gasteiger partial charge in [0, 0.05) is 12.7 Å². The third-order valence-corrected chi connectivity index (χ3v) is 3.25. The number of aromatic nitrogens is 2. The molecular formula is C15H21N5O. The second-order valence-electron chi connectivity index (χ2n) is 4.94. The van der Waals surface area contributed by atoms with Gasteiger partial charge in [-0.3, -0.25) is 0 Å². The van der Waals surface area contributed by atoms with E-state index in [1.807, 2.05) is 32.3 Å². The number of nitrogens with two attached hydrogens (primary N) is 1. The molecule has 1 unspecified atom stereocenters. The third-order valence-electron chi connectivity index (χ3n) is 3.25. The van der Waals surface area contributed by atoms with Crippen LogP contribution in [0.5, 0.6) is 5.75 Å². The zero-order chi connectivity index (χ0) is 15.2. The number of methoxy groups -OCH3 is 1. The van der Waals surface area contributed by atoms with Crippen LogP contribution in [-0.2, 0) is 0 Å². The summed E-state index contributed by atoms with van der Waals surface area (Å²) in [4.78, 5) is 10.2. The smallest absolute Gasteiger partial charge is 0.221 e. The number of hydrogen-bond donors (Lipinski definition) is 2. The van der Waals surface area contributed by atoms with E-state index in [1.165, 1.54) is 5.56 Å². The van der Waals surface area contributed by atoms with Crippen molar-refractivity contribution < 1.29 is 4.74 Å². The topological polar surface area (TPSA) is 76.3 Å². The zero-order valence-corrected chi connectivity index (χ0v) is 12.6. The first-order valence-corrected chi connectivity index (χ1v) is 6.73. The van der Waals surface area contributed by atoms with Crippen molar-refractivity contribution in [3.8, 4) is 5.75 Å². The van der Waals surface area contributed by atoms with E-state index < -0.39 is 0 Å². The first kappa shape index (κ1) is 15.1. The van der Waals surface area contributed by atoms with Gasteiger partial charge in [-0.05, 0) is 37.9 Å². The summed E-state index contributed by atoms with van der Waals surface area (Å²) in [7, 11) is 5.76. The van der Waals surface area contributed by atoms with Crippen LogP contribution in [0, 0.1) is 0 Å². The molecular weight excluding hydrogens is 266 g/mol. The average molecular weight is 287 g/mol. The van der Waals surface area contributed by atoms with Gasteiger partial charge in [0.05, 0.1) is 13.2 Å². The van der Waals surface area contributed by atoms with Crippen LogP contribution in [0.2, 0.25) is 0 Å². The number of likely N-dealkylation sites (N-methyl/N-ethyl adjacent to an activating group) is 1. The summed E-state index contributed by atoms with van der Waals surface area (Å²) >= 11 is 0. The SMILES string of the molecule is COc1cccc(C(CNc2ccnc(N)n2)N(C)C)c1. The maximum atomic E-state index is 5.58. The van der Waals surface area contributed by atoms with E-state index >= 15 is 0 Å². The van der Waals surface area contributed by atoms with Crippen molar-refractivity contribution in [2.24, 2.45) is 0 Å². The van der Waals surface area contributed by atoms with Gasteiger partial charge < -0.3 is 20.7 Å². The molecule has 1 atom stereocenters. The summed E-state index contributed by atoms with van der Waals surface area (Å²) in [6.07, 6.45) is 1.64. The Kier molecular flexibility index (Phi) is 4.94. The van der Waals surface area contributed by atoms with Gasteiger partial charge in [0.2, 0.25) is 5.95 Å². The van der Waals surface area contributed by atoms with Crippen LogP contribution in [0.15, 0.2) is 36.5 Å². The highest BCUT2D eigenvalue weighted by atomic mass is 16.5. The van der Waals surface area contributed by atoms with Crippen molar-refractivity contribution in [2.75, 3.05) is 38.8 Å². The molecule has 3 N–H and O–H groups in total. The molecule has 1 heterocycles. The first-order chi connectivity index (χ1) is 10.1. The Hall–Kier alpha value is -2.34. The Bertz CT molecular complexity index is 588. The van der Waals surface area contributed by atoms with Crippen LogP contribution in [0.3, 0.4) is 0 Å². The highest BCUT2D eigenvalue weighted by Crippen LogP contribution is 2.23. The number of anilines is 2. The van der Waals surface area contributed by atoms with Crippen molar-refractivity contribution in [1.82, 2.24) is 14.9 Å². The third kappa shape index (κ3) is 4.06. The van der Waals surface area contributed by atoms with Gasteiger partial charge in [0.1, 0.15) is 11.6 Å². The van der Waals surface area contributed by atoms with E-state index in [0.29, 0.717) is 6.54 Å². The first-order valence-electron chi connectivity index (χ1n) is 6.73. The molecule has 2 aromatic rings. The predicted molar refractivity (Wildman–Crippen MR) is 84.4 cm³/mol. The minimum absolute atomic E-state index is 0.191. The second kappa shape index (κ2) is 6.90. The van der Waals surface area contributed by atoms with Crippen molar-refractivity contribution in [1.29, 1.82) is 0 Å². The van der Waals surface area contributed by atoms with Gasteiger partial charge in [-0.25, -0.2) is 4.98 Å². The van der Waals surface area contributed by atoms with Crippen molar-refractivity contribution in [2.45, 2.75) is 6.04 Å². The standard InChI is InChI=1S/C15H21N5O/c1-20(2)13(11-5-4-6-12(9-11)21-3)10-18-14-7-8-17-15(16)19-14/h4-9,13H,10H2,1-3H3,(H3,16,17,18,19). The van der Waals surface area contributed by atoms with Crippen LogP contribution < -0.4 is 15.8 Å². The monoisotopic (exact) mass is 287 g/mol. The summed E-state index contributed by atoms with van der Waals surface area (Å²) < 4.78 is 5.29. The van der Waals surface area contributed by atoms with Crippen molar-refractivity contribution >= 4 is 11.8 Å². The number of nitrogens with zero attached hydrogens (tertiary/aromatic N) is 3. The molecule has 0 aliphatic rings. The summed E-state index contributed by atoms with van der Waals surface area (Å²) in [6.45, 7) is 0.705. The van der Waals surface area contributed by atoms with Gasteiger partial charge in [0.25, 0.3) is 0 Å². The van der Waals surface area contributed by atoms with Gasteiger partial charge >= 0.3 is 0 Å². The quantitative estimate of drug-likeness (QED) is 0.843. The van der Waals surface area contributed by atoms with Gasteiger partial charge in [-0.15, -0.1) is 0 Å². The molecule has 2 rings (SSSR count). The van der Waals surface area contributed by atoms with Crippen LogP contribution in [0.25, 0.3) is 0 Å². The summed E-state index contributed by atoms with van der Waals surface area (Å²) in [6, 6.07) is 10.1. The minimum atomic E-state index is 0.191. The van der Waals surface area contributed by atoms with Gasteiger partial charge in [-0.1, -0.05) is 12.1 Å². The lowest BCUT2D eigenvalue weighted by Crippen LogP contribution is -2.27. The van der Waals surface area contributed by atoms with Crippen LogP contribution in [-0.4, -0.2) is 42.6 Å². The van der Waals surface area contributed by atoms with Crippen LogP contribution in [0.4, 0.5) is 11.8 Å². The van der Waals surface area contributed by atoms with Crippen molar-refractivity contribution in [3.05, 3.63) is 42.1 Å². The number of rotatable bonds is 6. The van der Waals surface area contributed by atoms with E-state index in [4.69, 9.17) is 10.5 Å². The molecule has 1 aromatic carbocycles. The Morgan fingerprint density at radius 3 is 2.81 bits per heavy atom. The van der Waals surface area contributed by atoms with Gasteiger partial charge in [0.15, 0.2) is 0 Å². The fourth-order valence-electron chi connectivity index (χ4n) is 2.12. The number of nitrogens with one attached hydrogen (secondary N) is 1. The highest BCUT2D eigenvalue weighted by Gasteiger charge is 2.14. The molecule has 112 valence electrons. The summed E-state index contributed by atoms with van der Waals surface area (Å²) in [5.74, 6) is 1.84.